The van der Waals surface area contributed by atoms with Crippen LogP contribution in [0.5, 0.6) is 0 Å². The number of benzene rings is 2. The van der Waals surface area contributed by atoms with Crippen LogP contribution in [-0.4, -0.2) is 20.0 Å². The Kier molecular flexibility index (Phi) is 3.25. The van der Waals surface area contributed by atoms with E-state index >= 15 is 0 Å². The fourth-order valence-electron chi connectivity index (χ4n) is 2.40. The minimum atomic E-state index is -1.20. The van der Waals surface area contributed by atoms with E-state index in [0.717, 1.165) is 0 Å². The number of halogens is 3. The van der Waals surface area contributed by atoms with E-state index in [1.807, 2.05) is 0 Å². The molecule has 0 amide bonds. The molecule has 0 atom stereocenters. The molecule has 25 heavy (non-hydrogen) atoms. The van der Waals surface area contributed by atoms with Gasteiger partial charge in [0.05, 0.1) is 5.52 Å². The molecule has 0 unspecified atom stereocenters. The average molecular weight is 341 g/mol. The average Bonchev–Trinajstić information content (AvgIpc) is 3.17. The third-order valence-corrected chi connectivity index (χ3v) is 3.48. The van der Waals surface area contributed by atoms with Gasteiger partial charge in [-0.05, 0) is 12.1 Å². The maximum atomic E-state index is 13.9. The lowest BCUT2D eigenvalue weighted by Gasteiger charge is -2.01. The third-order valence-electron chi connectivity index (χ3n) is 3.48. The molecule has 0 saturated carbocycles. The fraction of sp³-hybridized carbons (Fsp3) is 0. The summed E-state index contributed by atoms with van der Waals surface area (Å²) < 4.78 is 47.5. The van der Waals surface area contributed by atoms with Crippen molar-refractivity contribution < 1.29 is 17.6 Å². The largest absolute Gasteiger partial charge is 0.417 e. The van der Waals surface area contributed by atoms with Gasteiger partial charge in [-0.15, -0.1) is 5.10 Å². The van der Waals surface area contributed by atoms with Crippen molar-refractivity contribution >= 4 is 11.0 Å². The first kappa shape index (κ1) is 14.9. The Bertz CT molecular complexity index is 1140. The quantitative estimate of drug-likeness (QED) is 0.558. The summed E-state index contributed by atoms with van der Waals surface area (Å²) in [6, 6.07) is 9.63. The van der Waals surface area contributed by atoms with Gasteiger partial charge in [0.1, 0.15) is 34.6 Å². The molecule has 4 aromatic rings. The zero-order valence-electron chi connectivity index (χ0n) is 12.2. The summed E-state index contributed by atoms with van der Waals surface area (Å²) in [6.07, 6.45) is 0. The number of nitriles is 1. The van der Waals surface area contributed by atoms with Crippen molar-refractivity contribution in [2.75, 3.05) is 0 Å². The second-order valence-corrected chi connectivity index (χ2v) is 5.02. The molecule has 0 radical (unpaired) electrons. The van der Waals surface area contributed by atoms with E-state index in [9.17, 15) is 18.4 Å². The number of aromatic nitrogens is 4. The Morgan fingerprint density at radius 2 is 1.80 bits per heavy atom. The van der Waals surface area contributed by atoms with Crippen LogP contribution in [-0.2, 0) is 0 Å². The monoisotopic (exact) mass is 341 g/mol. The topological polar surface area (TPSA) is 80.5 Å². The number of oxazole rings is 1. The highest BCUT2D eigenvalue weighted by molar-refractivity contribution is 5.76. The van der Waals surface area contributed by atoms with Crippen LogP contribution in [0.15, 0.2) is 40.8 Å². The smallest absolute Gasteiger partial charge is 0.261 e. The summed E-state index contributed by atoms with van der Waals surface area (Å²) in [5, 5.41) is 17.0. The molecule has 2 heterocycles. The summed E-state index contributed by atoms with van der Waals surface area (Å²) in [4.78, 5) is 3.79. The highest BCUT2D eigenvalue weighted by Crippen LogP contribution is 2.30. The van der Waals surface area contributed by atoms with Crippen LogP contribution >= 0.6 is 0 Å². The third kappa shape index (κ3) is 2.31. The van der Waals surface area contributed by atoms with Gasteiger partial charge in [0, 0.05) is 12.1 Å². The molecule has 6 nitrogen and oxygen atoms in total. The summed E-state index contributed by atoms with van der Waals surface area (Å²) in [7, 11) is 0. The molecular formula is C16H6F3N5O. The van der Waals surface area contributed by atoms with Crippen LogP contribution in [0.4, 0.5) is 13.2 Å². The molecule has 2 aromatic heterocycles. The SMILES string of the molecule is N#Cc1nc(-c2c(F)cc(F)cc2F)oc1-n1nnc2ccccc21. The molecule has 122 valence electrons. The molecule has 0 aliphatic carbocycles. The molecule has 4 rings (SSSR count). The first-order valence-electron chi connectivity index (χ1n) is 6.95. The van der Waals surface area contributed by atoms with Crippen molar-refractivity contribution in [3.63, 3.8) is 0 Å². The molecule has 0 aliphatic rings. The van der Waals surface area contributed by atoms with Crippen LogP contribution in [0, 0.1) is 28.8 Å². The van der Waals surface area contributed by atoms with Crippen LogP contribution in [0.25, 0.3) is 28.4 Å². The van der Waals surface area contributed by atoms with Crippen LogP contribution in [0.1, 0.15) is 5.69 Å². The molecule has 9 heteroatoms. The predicted octanol–water partition coefficient (Wildman–Crippen LogP) is 3.36. The first-order valence-corrected chi connectivity index (χ1v) is 6.95. The van der Waals surface area contributed by atoms with Crippen molar-refractivity contribution in [1.29, 1.82) is 5.26 Å². The van der Waals surface area contributed by atoms with Gasteiger partial charge in [-0.2, -0.15) is 14.9 Å². The number of rotatable bonds is 2. The lowest BCUT2D eigenvalue weighted by atomic mass is 10.2. The second-order valence-electron chi connectivity index (χ2n) is 5.02. The van der Waals surface area contributed by atoms with E-state index in [0.29, 0.717) is 23.2 Å². The number of hydrogen-bond donors (Lipinski definition) is 0. The van der Waals surface area contributed by atoms with Gasteiger partial charge in [-0.1, -0.05) is 17.3 Å². The number of hydrogen-bond acceptors (Lipinski definition) is 5. The normalized spacial score (nSPS) is 11.0. The predicted molar refractivity (Wildman–Crippen MR) is 79.0 cm³/mol. The van der Waals surface area contributed by atoms with Gasteiger partial charge in [-0.3, -0.25) is 0 Å². The summed E-state index contributed by atoms with van der Waals surface area (Å²) in [5.74, 6) is -4.11. The van der Waals surface area contributed by atoms with Crippen LogP contribution in [0.3, 0.4) is 0 Å². The summed E-state index contributed by atoms with van der Waals surface area (Å²) >= 11 is 0. The Labute approximate surface area is 137 Å². The Hall–Kier alpha value is -3.67. The number of fused-ring (bicyclic) bond motifs is 1. The molecule has 0 saturated heterocycles. The second kappa shape index (κ2) is 5.45. The zero-order chi connectivity index (χ0) is 17.6. The van der Waals surface area contributed by atoms with Crippen molar-refractivity contribution in [2.24, 2.45) is 0 Å². The van der Waals surface area contributed by atoms with E-state index in [4.69, 9.17) is 4.42 Å². The maximum Gasteiger partial charge on any atom is 0.261 e. The van der Waals surface area contributed by atoms with Crippen LogP contribution < -0.4 is 0 Å². The van der Waals surface area contributed by atoms with Gasteiger partial charge in [-0.25, -0.2) is 13.2 Å². The van der Waals surface area contributed by atoms with E-state index in [1.54, 1.807) is 30.3 Å². The van der Waals surface area contributed by atoms with Gasteiger partial charge < -0.3 is 4.42 Å². The van der Waals surface area contributed by atoms with Gasteiger partial charge in [0.25, 0.3) is 5.88 Å². The standard InChI is InChI=1S/C16H6F3N5O/c17-8-5-9(18)14(10(19)6-8)15-21-12(7-20)16(25-15)24-13-4-2-1-3-11(13)22-23-24/h1-6H. The minimum absolute atomic E-state index is 0.144. The summed E-state index contributed by atoms with van der Waals surface area (Å²) in [6.45, 7) is 0. The molecule has 2 aromatic carbocycles. The van der Waals surface area contributed by atoms with Crippen molar-refractivity contribution in [3.05, 3.63) is 59.5 Å². The van der Waals surface area contributed by atoms with Gasteiger partial charge in [0.2, 0.25) is 11.6 Å². The Balaban J connectivity index is 1.94. The van der Waals surface area contributed by atoms with Crippen molar-refractivity contribution in [3.8, 4) is 23.4 Å². The zero-order valence-corrected chi connectivity index (χ0v) is 12.2. The Morgan fingerprint density at radius 1 is 1.08 bits per heavy atom. The highest BCUT2D eigenvalue weighted by Gasteiger charge is 2.24. The molecule has 0 N–H and O–H groups in total. The van der Waals surface area contributed by atoms with Gasteiger partial charge in [0.15, 0.2) is 0 Å². The van der Waals surface area contributed by atoms with E-state index in [-0.39, 0.29) is 11.6 Å². The lowest BCUT2D eigenvalue weighted by Crippen LogP contribution is -1.97. The van der Waals surface area contributed by atoms with Crippen LogP contribution in [0.2, 0.25) is 0 Å². The van der Waals surface area contributed by atoms with E-state index < -0.39 is 28.9 Å². The fourth-order valence-corrected chi connectivity index (χ4v) is 2.40. The molecule has 0 bridgehead atoms. The maximum absolute atomic E-state index is 13.9. The van der Waals surface area contributed by atoms with Crippen molar-refractivity contribution in [1.82, 2.24) is 20.0 Å². The van der Waals surface area contributed by atoms with E-state index in [2.05, 4.69) is 15.3 Å². The number of para-hydroxylation sites is 1. The summed E-state index contributed by atoms with van der Waals surface area (Å²) in [5.41, 5.74) is 0.132. The lowest BCUT2D eigenvalue weighted by molar-refractivity contribution is 0.506. The Morgan fingerprint density at radius 3 is 2.52 bits per heavy atom. The minimum Gasteiger partial charge on any atom is -0.417 e. The molecule has 0 aliphatic heterocycles. The molecular weight excluding hydrogens is 335 g/mol. The van der Waals surface area contributed by atoms with Crippen molar-refractivity contribution in [2.45, 2.75) is 0 Å². The van der Waals surface area contributed by atoms with Gasteiger partial charge >= 0.3 is 0 Å². The van der Waals surface area contributed by atoms with E-state index in [1.165, 1.54) is 4.68 Å². The first-order chi connectivity index (χ1) is 12.1. The molecule has 0 spiro atoms. The molecule has 0 fully saturated rings. The highest BCUT2D eigenvalue weighted by atomic mass is 19.1. The number of nitrogens with zero attached hydrogens (tertiary/aromatic N) is 5.